The van der Waals surface area contributed by atoms with Crippen molar-refractivity contribution in [3.63, 3.8) is 0 Å². The highest BCUT2D eigenvalue weighted by Gasteiger charge is 1.98. The highest BCUT2D eigenvalue weighted by atomic mass is 16.5. The van der Waals surface area contributed by atoms with E-state index in [-0.39, 0.29) is 5.56 Å². The summed E-state index contributed by atoms with van der Waals surface area (Å²) in [5, 5.41) is 5.55. The minimum Gasteiger partial charge on any atom is -0.384 e. The number of H-pyrrole nitrogens is 1. The molecule has 0 atom stereocenters. The maximum atomic E-state index is 10.5. The first-order valence-electron chi connectivity index (χ1n) is 3.71. The van der Waals surface area contributed by atoms with E-state index in [0.29, 0.717) is 11.3 Å². The van der Waals surface area contributed by atoms with Crippen LogP contribution in [-0.4, -0.2) is 10.3 Å². The number of aromatic nitrogens is 2. The fraction of sp³-hybridized carbons (Fsp3) is 0.250. The maximum Gasteiger partial charge on any atom is 0.283 e. The van der Waals surface area contributed by atoms with E-state index in [0.717, 1.165) is 0 Å². The second-order valence-corrected chi connectivity index (χ2v) is 2.40. The number of aryl methyl sites for hydroxylation is 1. The van der Waals surface area contributed by atoms with Crippen molar-refractivity contribution in [1.29, 1.82) is 0 Å². The molecule has 0 radical (unpaired) electrons. The lowest BCUT2D eigenvalue weighted by Crippen LogP contribution is -2.00. The molecule has 5 heteroatoms. The highest BCUT2D eigenvalue weighted by molar-refractivity contribution is 5.07. The molecule has 0 spiro atoms. The molecule has 2 heterocycles. The van der Waals surface area contributed by atoms with Gasteiger partial charge >= 0.3 is 0 Å². The van der Waals surface area contributed by atoms with E-state index in [4.69, 9.17) is 0 Å². The Hall–Kier alpha value is -1.78. The first-order chi connectivity index (χ1) is 6.22. The van der Waals surface area contributed by atoms with Crippen molar-refractivity contribution in [2.45, 2.75) is 13.8 Å². The van der Waals surface area contributed by atoms with Gasteiger partial charge in [0.15, 0.2) is 0 Å². The molecule has 0 saturated carbocycles. The largest absolute Gasteiger partial charge is 0.384 e. The molecule has 0 amide bonds. The lowest BCUT2D eigenvalue weighted by molar-refractivity contribution is 0.391. The second kappa shape index (κ2) is 4.30. The summed E-state index contributed by atoms with van der Waals surface area (Å²) in [5.74, 6) is 0.662. The Kier molecular flexibility index (Phi) is 3.08. The molecule has 2 rings (SSSR count). The van der Waals surface area contributed by atoms with Crippen molar-refractivity contribution in [3.05, 3.63) is 40.2 Å². The van der Waals surface area contributed by atoms with Crippen molar-refractivity contribution in [2.75, 3.05) is 0 Å². The Bertz CT molecular complexity index is 368. The molecular formula is C8H10N2O3. The third-order valence-electron chi connectivity index (χ3n) is 1.51. The Morgan fingerprint density at radius 3 is 2.38 bits per heavy atom. The zero-order valence-corrected chi connectivity index (χ0v) is 7.40. The molecule has 2 aromatic rings. The third kappa shape index (κ3) is 2.62. The number of rotatable bonds is 0. The van der Waals surface area contributed by atoms with E-state index < -0.39 is 0 Å². The van der Waals surface area contributed by atoms with Crippen molar-refractivity contribution >= 4 is 0 Å². The number of nitrogens with one attached hydrogen (secondary N) is 1. The molecule has 13 heavy (non-hydrogen) atoms. The van der Waals surface area contributed by atoms with Crippen LogP contribution in [0.4, 0.5) is 0 Å². The summed E-state index contributed by atoms with van der Waals surface area (Å²) in [6, 6.07) is 1.72. The van der Waals surface area contributed by atoms with Crippen LogP contribution in [-0.2, 0) is 0 Å². The molecule has 0 fully saturated rings. The molecule has 0 aromatic carbocycles. The van der Waals surface area contributed by atoms with E-state index >= 15 is 0 Å². The maximum absolute atomic E-state index is 10.5. The van der Waals surface area contributed by atoms with E-state index in [1.165, 1.54) is 6.26 Å². The van der Waals surface area contributed by atoms with Gasteiger partial charge in [0.25, 0.3) is 5.56 Å². The zero-order valence-electron chi connectivity index (χ0n) is 7.40. The predicted molar refractivity (Wildman–Crippen MR) is 45.3 cm³/mol. The van der Waals surface area contributed by atoms with Gasteiger partial charge < -0.3 is 9.05 Å². The van der Waals surface area contributed by atoms with Crippen molar-refractivity contribution in [1.82, 2.24) is 10.3 Å². The van der Waals surface area contributed by atoms with Crippen LogP contribution in [0.15, 0.2) is 32.4 Å². The highest BCUT2D eigenvalue weighted by Crippen LogP contribution is 1.95. The Morgan fingerprint density at radius 1 is 1.46 bits per heavy atom. The van der Waals surface area contributed by atoms with Gasteiger partial charge in [0.1, 0.15) is 12.0 Å². The molecule has 0 saturated heterocycles. The van der Waals surface area contributed by atoms with Crippen molar-refractivity contribution in [3.8, 4) is 0 Å². The third-order valence-corrected chi connectivity index (χ3v) is 1.51. The topological polar surface area (TPSA) is 72.0 Å². The summed E-state index contributed by atoms with van der Waals surface area (Å²) in [6.07, 6.45) is 3.10. The van der Waals surface area contributed by atoms with Crippen LogP contribution in [0.1, 0.15) is 11.3 Å². The second-order valence-electron chi connectivity index (χ2n) is 2.40. The predicted octanol–water partition coefficient (Wildman–Crippen LogP) is 1.26. The molecular weight excluding hydrogens is 172 g/mol. The Labute approximate surface area is 74.3 Å². The van der Waals surface area contributed by atoms with Crippen LogP contribution in [0.25, 0.3) is 0 Å². The van der Waals surface area contributed by atoms with Crippen LogP contribution >= 0.6 is 0 Å². The van der Waals surface area contributed by atoms with Crippen molar-refractivity contribution in [2.24, 2.45) is 0 Å². The van der Waals surface area contributed by atoms with Crippen molar-refractivity contribution < 1.29 is 9.05 Å². The number of hydrogen-bond acceptors (Lipinski definition) is 4. The van der Waals surface area contributed by atoms with Gasteiger partial charge in [-0.05, 0) is 19.9 Å². The van der Waals surface area contributed by atoms with Crippen LogP contribution in [0.3, 0.4) is 0 Å². The first-order valence-corrected chi connectivity index (χ1v) is 3.71. The smallest absolute Gasteiger partial charge is 0.283 e. The Balaban J connectivity index is 0.000000145. The van der Waals surface area contributed by atoms with Crippen LogP contribution in [0.2, 0.25) is 0 Å². The standard InChI is InChI=1S/C5H7NO2.C3H3NO/c1-3-4(2)8-6-5(3)7;1-2-4-5-3-1/h1-2H3,(H,6,7);1-3H. The average Bonchev–Trinajstić information content (AvgIpc) is 2.75. The van der Waals surface area contributed by atoms with Gasteiger partial charge in [0.05, 0.1) is 11.8 Å². The minimum absolute atomic E-state index is 0.137. The van der Waals surface area contributed by atoms with Crippen LogP contribution < -0.4 is 5.56 Å². The molecule has 2 aromatic heterocycles. The fourth-order valence-electron chi connectivity index (χ4n) is 0.612. The summed E-state index contributed by atoms with van der Waals surface area (Å²) < 4.78 is 8.99. The summed E-state index contributed by atoms with van der Waals surface area (Å²) in [5.41, 5.74) is 0.521. The first kappa shape index (κ1) is 9.31. The van der Waals surface area contributed by atoms with E-state index in [1.807, 2.05) is 0 Å². The molecule has 1 N–H and O–H groups in total. The lowest BCUT2D eigenvalue weighted by Gasteiger charge is -1.75. The molecule has 0 unspecified atom stereocenters. The zero-order chi connectivity index (χ0) is 9.68. The normalized spacial score (nSPS) is 9.08. The van der Waals surface area contributed by atoms with E-state index in [2.05, 4.69) is 19.4 Å². The van der Waals surface area contributed by atoms with Gasteiger partial charge in [-0.2, -0.15) is 5.16 Å². The quantitative estimate of drug-likeness (QED) is 0.665. The van der Waals surface area contributed by atoms with E-state index in [1.54, 1.807) is 26.1 Å². The number of aromatic amines is 1. The molecule has 0 aliphatic heterocycles. The SMILES string of the molecule is Cc1o[nH]c(=O)c1C.c1cnoc1. The van der Waals surface area contributed by atoms with Gasteiger partial charge in [-0.1, -0.05) is 5.16 Å². The van der Waals surface area contributed by atoms with Crippen LogP contribution in [0.5, 0.6) is 0 Å². The van der Waals surface area contributed by atoms with Gasteiger partial charge in [-0.25, -0.2) is 0 Å². The van der Waals surface area contributed by atoms with Gasteiger partial charge in [-0.15, -0.1) is 0 Å². The van der Waals surface area contributed by atoms with Gasteiger partial charge in [0, 0.05) is 0 Å². The molecule has 5 nitrogen and oxygen atoms in total. The van der Waals surface area contributed by atoms with E-state index in [9.17, 15) is 4.79 Å². The molecule has 0 aliphatic rings. The number of hydrogen-bond donors (Lipinski definition) is 1. The van der Waals surface area contributed by atoms with Crippen LogP contribution in [0, 0.1) is 13.8 Å². The average molecular weight is 182 g/mol. The molecule has 70 valence electrons. The summed E-state index contributed by atoms with van der Waals surface area (Å²) >= 11 is 0. The van der Waals surface area contributed by atoms with Gasteiger partial charge in [0.2, 0.25) is 0 Å². The minimum atomic E-state index is -0.137. The number of nitrogens with zero attached hydrogens (tertiary/aromatic N) is 1. The van der Waals surface area contributed by atoms with Gasteiger partial charge in [-0.3, -0.25) is 4.79 Å². The molecule has 0 bridgehead atoms. The lowest BCUT2D eigenvalue weighted by atomic mass is 10.3. The monoisotopic (exact) mass is 182 g/mol. The summed E-state index contributed by atoms with van der Waals surface area (Å²) in [7, 11) is 0. The Morgan fingerprint density at radius 2 is 2.23 bits per heavy atom. The fourth-order valence-corrected chi connectivity index (χ4v) is 0.612. The molecule has 0 aliphatic carbocycles. The summed E-state index contributed by atoms with van der Waals surface area (Å²) in [4.78, 5) is 10.5. The summed E-state index contributed by atoms with van der Waals surface area (Å²) in [6.45, 7) is 3.46.